The molecule has 3 aliphatic rings. The zero-order valence-corrected chi connectivity index (χ0v) is 19.5. The van der Waals surface area contributed by atoms with E-state index in [0.29, 0.717) is 0 Å². The van der Waals surface area contributed by atoms with Crippen molar-refractivity contribution < 1.29 is 9.53 Å². The van der Waals surface area contributed by atoms with Gasteiger partial charge in [0, 0.05) is 0 Å². The summed E-state index contributed by atoms with van der Waals surface area (Å²) in [4.78, 5) is 12.7. The molecule has 0 atom stereocenters. The zero-order valence-electron chi connectivity index (χ0n) is 19.5. The summed E-state index contributed by atoms with van der Waals surface area (Å²) in [6.07, 6.45) is 23.8. The second kappa shape index (κ2) is 12.4. The van der Waals surface area contributed by atoms with Crippen LogP contribution in [0.3, 0.4) is 0 Å². The highest BCUT2D eigenvalue weighted by Gasteiger charge is 2.34. The van der Waals surface area contributed by atoms with Crippen LogP contribution in [0.1, 0.15) is 129 Å². The molecule has 0 spiro atoms. The van der Waals surface area contributed by atoms with Gasteiger partial charge in [-0.05, 0) is 87.9 Å². The molecule has 0 aromatic rings. The molecule has 0 unspecified atom stereocenters. The van der Waals surface area contributed by atoms with E-state index in [-0.39, 0.29) is 18.0 Å². The van der Waals surface area contributed by atoms with Crippen LogP contribution in [-0.2, 0) is 9.53 Å². The van der Waals surface area contributed by atoms with Gasteiger partial charge in [0.1, 0.15) is 6.10 Å². The number of ether oxygens (including phenoxy) is 1. The van der Waals surface area contributed by atoms with Crippen LogP contribution in [0.2, 0.25) is 0 Å². The molecule has 2 nitrogen and oxygen atoms in total. The molecule has 3 rings (SSSR count). The van der Waals surface area contributed by atoms with Crippen LogP contribution in [0.25, 0.3) is 0 Å². The molecule has 0 aromatic heterocycles. The SMILES string of the molecule is CCCCCC1CCC(OC(=O)C2CCC(C3CCC(CCC)CC3)CC2)CC1. The first-order chi connectivity index (χ1) is 14.2. The third kappa shape index (κ3) is 7.28. The van der Waals surface area contributed by atoms with Crippen LogP contribution < -0.4 is 0 Å². The van der Waals surface area contributed by atoms with Gasteiger partial charge in [0.25, 0.3) is 0 Å². The van der Waals surface area contributed by atoms with Gasteiger partial charge >= 0.3 is 5.97 Å². The van der Waals surface area contributed by atoms with Crippen molar-refractivity contribution in [2.45, 2.75) is 136 Å². The van der Waals surface area contributed by atoms with E-state index in [1.54, 1.807) is 0 Å². The van der Waals surface area contributed by atoms with Crippen LogP contribution in [-0.4, -0.2) is 12.1 Å². The summed E-state index contributed by atoms with van der Waals surface area (Å²) in [7, 11) is 0. The molecule has 29 heavy (non-hydrogen) atoms. The molecule has 168 valence electrons. The van der Waals surface area contributed by atoms with Crippen LogP contribution in [0.4, 0.5) is 0 Å². The van der Waals surface area contributed by atoms with Gasteiger partial charge in [-0.3, -0.25) is 4.79 Å². The van der Waals surface area contributed by atoms with Gasteiger partial charge in [-0.25, -0.2) is 0 Å². The number of hydrogen-bond donors (Lipinski definition) is 0. The van der Waals surface area contributed by atoms with E-state index in [9.17, 15) is 4.79 Å². The molecule has 0 aliphatic heterocycles. The van der Waals surface area contributed by atoms with Crippen molar-refractivity contribution >= 4 is 5.97 Å². The summed E-state index contributed by atoms with van der Waals surface area (Å²) >= 11 is 0. The largest absolute Gasteiger partial charge is 0.462 e. The summed E-state index contributed by atoms with van der Waals surface area (Å²) in [6.45, 7) is 4.60. The Balaban J connectivity index is 1.30. The van der Waals surface area contributed by atoms with Crippen molar-refractivity contribution in [1.82, 2.24) is 0 Å². The molecule has 0 saturated heterocycles. The minimum atomic E-state index is 0.143. The van der Waals surface area contributed by atoms with Crippen molar-refractivity contribution in [3.8, 4) is 0 Å². The highest BCUT2D eigenvalue weighted by Crippen LogP contribution is 2.42. The number of rotatable bonds is 9. The fourth-order valence-electron chi connectivity index (χ4n) is 6.66. The first-order valence-electron chi connectivity index (χ1n) is 13.4. The van der Waals surface area contributed by atoms with Gasteiger partial charge in [-0.15, -0.1) is 0 Å². The molecule has 0 heterocycles. The molecule has 0 radical (unpaired) electrons. The van der Waals surface area contributed by atoms with Gasteiger partial charge in [0.05, 0.1) is 5.92 Å². The van der Waals surface area contributed by atoms with Crippen molar-refractivity contribution in [1.29, 1.82) is 0 Å². The van der Waals surface area contributed by atoms with Gasteiger partial charge in [-0.2, -0.15) is 0 Å². The number of unbranched alkanes of at least 4 members (excludes halogenated alkanes) is 2. The molecular formula is C27H48O2. The van der Waals surface area contributed by atoms with Crippen LogP contribution in [0, 0.1) is 29.6 Å². The number of carbonyl (C=O) groups excluding carboxylic acids is 1. The van der Waals surface area contributed by atoms with Crippen LogP contribution >= 0.6 is 0 Å². The van der Waals surface area contributed by atoms with E-state index in [1.807, 2.05) is 0 Å². The zero-order chi connectivity index (χ0) is 20.5. The lowest BCUT2D eigenvalue weighted by molar-refractivity contribution is -0.157. The van der Waals surface area contributed by atoms with E-state index in [4.69, 9.17) is 4.74 Å². The van der Waals surface area contributed by atoms with E-state index in [0.717, 1.165) is 49.4 Å². The van der Waals surface area contributed by atoms with Crippen molar-refractivity contribution in [3.05, 3.63) is 0 Å². The highest BCUT2D eigenvalue weighted by molar-refractivity contribution is 5.72. The van der Waals surface area contributed by atoms with Crippen molar-refractivity contribution in [3.63, 3.8) is 0 Å². The monoisotopic (exact) mass is 404 g/mol. The molecule has 0 bridgehead atoms. The third-order valence-electron chi connectivity index (χ3n) is 8.65. The van der Waals surface area contributed by atoms with Crippen molar-refractivity contribution in [2.24, 2.45) is 29.6 Å². The van der Waals surface area contributed by atoms with Crippen LogP contribution in [0.15, 0.2) is 0 Å². The first-order valence-corrected chi connectivity index (χ1v) is 13.4. The Labute approximate surface area is 180 Å². The quantitative estimate of drug-likeness (QED) is 0.287. The first kappa shape index (κ1) is 23.1. The molecule has 3 aliphatic carbocycles. The number of esters is 1. The predicted octanol–water partition coefficient (Wildman–Crippen LogP) is 8.08. The topological polar surface area (TPSA) is 26.3 Å². The fraction of sp³-hybridized carbons (Fsp3) is 0.963. The van der Waals surface area contributed by atoms with Gasteiger partial charge < -0.3 is 4.74 Å². The Morgan fingerprint density at radius 2 is 1.21 bits per heavy atom. The van der Waals surface area contributed by atoms with E-state index < -0.39 is 0 Å². The molecular weight excluding hydrogens is 356 g/mol. The molecule has 3 fully saturated rings. The molecule has 2 heteroatoms. The summed E-state index contributed by atoms with van der Waals surface area (Å²) in [5.41, 5.74) is 0. The molecule has 3 saturated carbocycles. The van der Waals surface area contributed by atoms with E-state index >= 15 is 0 Å². The Morgan fingerprint density at radius 1 is 0.655 bits per heavy atom. The van der Waals surface area contributed by atoms with Gasteiger partial charge in [0.15, 0.2) is 0 Å². The van der Waals surface area contributed by atoms with Crippen molar-refractivity contribution in [2.75, 3.05) is 0 Å². The highest BCUT2D eigenvalue weighted by atomic mass is 16.5. The second-order valence-electron chi connectivity index (χ2n) is 10.8. The summed E-state index contributed by atoms with van der Waals surface area (Å²) in [6, 6.07) is 0. The number of hydrogen-bond acceptors (Lipinski definition) is 2. The van der Waals surface area contributed by atoms with E-state index in [1.165, 1.54) is 89.9 Å². The lowest BCUT2D eigenvalue weighted by atomic mass is 9.69. The maximum atomic E-state index is 12.7. The standard InChI is InChI=1S/C27H48O2/c1-3-5-6-8-22-11-19-26(20-12-22)29-27(28)25-17-15-24(16-18-25)23-13-9-21(7-4-2)10-14-23/h21-26H,3-20H2,1-2H3. The summed E-state index contributed by atoms with van der Waals surface area (Å²) < 4.78 is 5.99. The van der Waals surface area contributed by atoms with Crippen LogP contribution in [0.5, 0.6) is 0 Å². The van der Waals surface area contributed by atoms with E-state index in [2.05, 4.69) is 13.8 Å². The molecule has 0 amide bonds. The number of carbonyl (C=O) groups is 1. The normalized spacial score (nSPS) is 35.9. The predicted molar refractivity (Wildman–Crippen MR) is 122 cm³/mol. The smallest absolute Gasteiger partial charge is 0.309 e. The summed E-state index contributed by atoms with van der Waals surface area (Å²) in [5.74, 6) is 4.07. The Hall–Kier alpha value is -0.530. The average molecular weight is 405 g/mol. The second-order valence-corrected chi connectivity index (χ2v) is 10.8. The van der Waals surface area contributed by atoms with Gasteiger partial charge in [-0.1, -0.05) is 65.2 Å². The maximum absolute atomic E-state index is 12.7. The minimum Gasteiger partial charge on any atom is -0.462 e. The Kier molecular flexibility index (Phi) is 9.86. The lowest BCUT2D eigenvalue weighted by Gasteiger charge is -2.37. The maximum Gasteiger partial charge on any atom is 0.309 e. The fourth-order valence-corrected chi connectivity index (χ4v) is 6.66. The Morgan fingerprint density at radius 3 is 1.79 bits per heavy atom. The minimum absolute atomic E-state index is 0.143. The third-order valence-corrected chi connectivity index (χ3v) is 8.65. The summed E-state index contributed by atoms with van der Waals surface area (Å²) in [5, 5.41) is 0. The molecule has 0 aromatic carbocycles. The average Bonchev–Trinajstić information content (AvgIpc) is 2.76. The Bertz CT molecular complexity index is 449. The lowest BCUT2D eigenvalue weighted by Crippen LogP contribution is -2.32. The molecule has 0 N–H and O–H groups in total. The van der Waals surface area contributed by atoms with Gasteiger partial charge in [0.2, 0.25) is 0 Å².